The predicted octanol–water partition coefficient (Wildman–Crippen LogP) is -0.171. The molecule has 11 heavy (non-hydrogen) atoms. The van der Waals surface area contributed by atoms with E-state index in [0.29, 0.717) is 6.21 Å². The number of amides is 1. The average molecular weight is 158 g/mol. The van der Waals surface area contributed by atoms with Crippen LogP contribution >= 0.6 is 0 Å². The summed E-state index contributed by atoms with van der Waals surface area (Å²) in [5.74, 6) is -1.68. The summed E-state index contributed by atoms with van der Waals surface area (Å²) < 4.78 is 0. The quantitative estimate of drug-likeness (QED) is 0.442. The Morgan fingerprint density at radius 2 is 2.09 bits per heavy atom. The fraction of sp³-hybridized carbons (Fsp3) is 0.500. The van der Waals surface area contributed by atoms with Crippen LogP contribution in [0.1, 0.15) is 13.8 Å². The molecule has 0 bridgehead atoms. The number of carboxylic acids is 1. The topological polar surface area (TPSA) is 78.8 Å². The van der Waals surface area contributed by atoms with E-state index in [4.69, 9.17) is 5.11 Å². The van der Waals surface area contributed by atoms with Crippen LogP contribution < -0.4 is 5.43 Å². The van der Waals surface area contributed by atoms with E-state index in [9.17, 15) is 9.59 Å². The van der Waals surface area contributed by atoms with Crippen LogP contribution in [0.3, 0.4) is 0 Å². The van der Waals surface area contributed by atoms with Crippen molar-refractivity contribution in [1.82, 2.24) is 5.43 Å². The number of nitrogens with one attached hydrogen (secondary N) is 1. The molecule has 0 saturated heterocycles. The molecule has 0 aromatic rings. The molecule has 0 aliphatic rings. The molecule has 0 aromatic heterocycles. The van der Waals surface area contributed by atoms with Gasteiger partial charge in [0.25, 0.3) is 0 Å². The van der Waals surface area contributed by atoms with Crippen molar-refractivity contribution >= 4 is 18.1 Å². The summed E-state index contributed by atoms with van der Waals surface area (Å²) in [6, 6.07) is 0. The van der Waals surface area contributed by atoms with Crippen LogP contribution in [-0.2, 0) is 9.59 Å². The molecule has 0 unspecified atom stereocenters. The Morgan fingerprint density at radius 3 is 2.45 bits per heavy atom. The molecule has 0 radical (unpaired) electrons. The second-order valence-electron chi connectivity index (χ2n) is 2.23. The first-order chi connectivity index (χ1) is 5.04. The zero-order valence-electron chi connectivity index (χ0n) is 6.37. The van der Waals surface area contributed by atoms with Gasteiger partial charge < -0.3 is 5.11 Å². The maximum atomic E-state index is 10.7. The Morgan fingerprint density at radius 1 is 1.55 bits per heavy atom. The normalized spacial score (nSPS) is 10.5. The van der Waals surface area contributed by atoms with E-state index >= 15 is 0 Å². The Hall–Kier alpha value is -1.39. The highest BCUT2D eigenvalue weighted by atomic mass is 16.4. The molecular formula is C6H10N2O3. The number of nitrogens with zero attached hydrogens (tertiary/aromatic N) is 1. The standard InChI is InChI=1S/C6H10N2O3/c1-4(2)6(11)8-7-3-5(9)10/h3-4H,1-2H3,(H,8,11)(H,9,10). The van der Waals surface area contributed by atoms with Gasteiger partial charge in [0.05, 0.1) is 0 Å². The second kappa shape index (κ2) is 4.43. The van der Waals surface area contributed by atoms with Gasteiger partial charge in [-0.1, -0.05) is 13.8 Å². The van der Waals surface area contributed by atoms with Crippen LogP contribution in [0.5, 0.6) is 0 Å². The first kappa shape index (κ1) is 9.61. The molecule has 0 heterocycles. The molecule has 0 aliphatic carbocycles. The third-order valence-electron chi connectivity index (χ3n) is 0.874. The van der Waals surface area contributed by atoms with Crippen molar-refractivity contribution in [2.75, 3.05) is 0 Å². The van der Waals surface area contributed by atoms with Gasteiger partial charge >= 0.3 is 5.97 Å². The Balaban J connectivity index is 3.71. The van der Waals surface area contributed by atoms with E-state index in [2.05, 4.69) is 10.5 Å². The molecule has 0 aromatic carbocycles. The summed E-state index contributed by atoms with van der Waals surface area (Å²) in [5, 5.41) is 11.2. The molecule has 0 atom stereocenters. The van der Waals surface area contributed by atoms with Crippen LogP contribution in [0.25, 0.3) is 0 Å². The Bertz CT molecular complexity index is 186. The largest absolute Gasteiger partial charge is 0.477 e. The van der Waals surface area contributed by atoms with Crippen molar-refractivity contribution in [2.24, 2.45) is 11.0 Å². The van der Waals surface area contributed by atoms with Gasteiger partial charge in [-0.15, -0.1) is 0 Å². The van der Waals surface area contributed by atoms with Crippen LogP contribution in [0.2, 0.25) is 0 Å². The lowest BCUT2D eigenvalue weighted by molar-refractivity contribution is -0.128. The monoisotopic (exact) mass is 158 g/mol. The van der Waals surface area contributed by atoms with Gasteiger partial charge in [-0.25, -0.2) is 10.2 Å². The lowest BCUT2D eigenvalue weighted by Crippen LogP contribution is -2.23. The second-order valence-corrected chi connectivity index (χ2v) is 2.23. The highest BCUT2D eigenvalue weighted by molar-refractivity contribution is 6.22. The highest BCUT2D eigenvalue weighted by Gasteiger charge is 2.03. The van der Waals surface area contributed by atoms with Gasteiger partial charge in [-0.2, -0.15) is 5.10 Å². The van der Waals surface area contributed by atoms with Gasteiger partial charge in [-0.05, 0) is 0 Å². The number of hydrazone groups is 1. The van der Waals surface area contributed by atoms with Crippen molar-refractivity contribution in [2.45, 2.75) is 13.8 Å². The van der Waals surface area contributed by atoms with Crippen molar-refractivity contribution in [1.29, 1.82) is 0 Å². The summed E-state index contributed by atoms with van der Waals surface area (Å²) in [5.41, 5.74) is 2.06. The molecule has 62 valence electrons. The van der Waals surface area contributed by atoms with Gasteiger partial charge in [-0.3, -0.25) is 4.79 Å². The molecule has 5 heteroatoms. The number of carbonyl (C=O) groups excluding carboxylic acids is 1. The molecule has 0 spiro atoms. The maximum Gasteiger partial charge on any atom is 0.348 e. The number of carboxylic acid groups (broad SMARTS) is 1. The van der Waals surface area contributed by atoms with E-state index in [-0.39, 0.29) is 11.8 Å². The third-order valence-corrected chi connectivity index (χ3v) is 0.874. The molecular weight excluding hydrogens is 148 g/mol. The van der Waals surface area contributed by atoms with E-state index in [0.717, 1.165) is 0 Å². The first-order valence-electron chi connectivity index (χ1n) is 3.10. The average Bonchev–Trinajstić information content (AvgIpc) is 1.86. The van der Waals surface area contributed by atoms with Crippen LogP contribution in [0.4, 0.5) is 0 Å². The summed E-state index contributed by atoms with van der Waals surface area (Å²) in [4.78, 5) is 20.6. The number of aliphatic carboxylic acids is 1. The van der Waals surface area contributed by atoms with Gasteiger partial charge in [0, 0.05) is 5.92 Å². The zero-order chi connectivity index (χ0) is 8.85. The fourth-order valence-corrected chi connectivity index (χ4v) is 0.280. The molecule has 0 aliphatic heterocycles. The number of rotatable bonds is 3. The molecule has 2 N–H and O–H groups in total. The minimum absolute atomic E-state index is 0.194. The SMILES string of the molecule is CC(C)C(=O)NN=CC(=O)O. The summed E-state index contributed by atoms with van der Waals surface area (Å²) >= 11 is 0. The summed E-state index contributed by atoms with van der Waals surface area (Å²) in [6.45, 7) is 3.37. The van der Waals surface area contributed by atoms with E-state index in [1.54, 1.807) is 13.8 Å². The number of hydrogen-bond acceptors (Lipinski definition) is 3. The first-order valence-corrected chi connectivity index (χ1v) is 3.10. The van der Waals surface area contributed by atoms with Crippen LogP contribution in [0.15, 0.2) is 5.10 Å². The minimum Gasteiger partial charge on any atom is -0.477 e. The lowest BCUT2D eigenvalue weighted by atomic mass is 10.2. The molecule has 0 saturated carbocycles. The Kier molecular flexibility index (Phi) is 3.87. The summed E-state index contributed by atoms with van der Waals surface area (Å²) in [6.07, 6.45) is 0.625. The van der Waals surface area contributed by atoms with Crippen molar-refractivity contribution in [3.63, 3.8) is 0 Å². The smallest absolute Gasteiger partial charge is 0.348 e. The minimum atomic E-state index is -1.19. The predicted molar refractivity (Wildman–Crippen MR) is 39.1 cm³/mol. The third kappa shape index (κ3) is 5.07. The van der Waals surface area contributed by atoms with E-state index in [1.807, 2.05) is 0 Å². The highest BCUT2D eigenvalue weighted by Crippen LogP contribution is 1.88. The Labute approximate surface area is 64.1 Å². The van der Waals surface area contributed by atoms with Crippen LogP contribution in [-0.4, -0.2) is 23.2 Å². The van der Waals surface area contributed by atoms with Gasteiger partial charge in [0.1, 0.15) is 6.21 Å². The van der Waals surface area contributed by atoms with Crippen molar-refractivity contribution < 1.29 is 14.7 Å². The van der Waals surface area contributed by atoms with Crippen molar-refractivity contribution in [3.8, 4) is 0 Å². The molecule has 5 nitrogen and oxygen atoms in total. The maximum absolute atomic E-state index is 10.7. The molecule has 0 fully saturated rings. The van der Waals surface area contributed by atoms with E-state index < -0.39 is 5.97 Å². The van der Waals surface area contributed by atoms with E-state index in [1.165, 1.54) is 0 Å². The number of carbonyl (C=O) groups is 2. The molecule has 1 amide bonds. The van der Waals surface area contributed by atoms with Crippen molar-refractivity contribution in [3.05, 3.63) is 0 Å². The fourth-order valence-electron chi connectivity index (χ4n) is 0.280. The van der Waals surface area contributed by atoms with Gasteiger partial charge in [0.2, 0.25) is 5.91 Å². The lowest BCUT2D eigenvalue weighted by Gasteiger charge is -1.99. The van der Waals surface area contributed by atoms with Gasteiger partial charge in [0.15, 0.2) is 0 Å². The number of hydrogen-bond donors (Lipinski definition) is 2. The zero-order valence-corrected chi connectivity index (χ0v) is 6.37. The summed E-state index contributed by atoms with van der Waals surface area (Å²) in [7, 11) is 0. The molecule has 0 rings (SSSR count). The van der Waals surface area contributed by atoms with Crippen LogP contribution in [0, 0.1) is 5.92 Å².